The van der Waals surface area contributed by atoms with E-state index in [1.165, 1.54) is 6.08 Å². The number of halogens is 1. The van der Waals surface area contributed by atoms with Crippen LogP contribution < -0.4 is 0 Å². The lowest BCUT2D eigenvalue weighted by molar-refractivity contribution is -0.108. The Morgan fingerprint density at radius 2 is 2.30 bits per heavy atom. The fraction of sp³-hybridized carbons (Fsp3) is 0.143. The Morgan fingerprint density at radius 3 is 2.60 bits per heavy atom. The fourth-order valence-corrected chi connectivity index (χ4v) is 0.444. The minimum Gasteiger partial charge on any atom is -0.275 e. The van der Waals surface area contributed by atoms with Crippen LogP contribution in [0.25, 0.3) is 0 Å². The summed E-state index contributed by atoms with van der Waals surface area (Å²) in [6.45, 7) is 1.78. The molecule has 0 unspecified atom stereocenters. The molecule has 0 aromatic rings. The SMILES string of the molecule is C/C=C/C=C(\C#N)C(=O)Cl. The summed E-state index contributed by atoms with van der Waals surface area (Å²) in [4.78, 5) is 10.3. The molecule has 52 valence electrons. The van der Waals surface area contributed by atoms with E-state index in [0.29, 0.717) is 0 Å². The summed E-state index contributed by atoms with van der Waals surface area (Å²) in [5.74, 6) is 0. The van der Waals surface area contributed by atoms with Crippen LogP contribution in [0.15, 0.2) is 23.8 Å². The van der Waals surface area contributed by atoms with Gasteiger partial charge in [-0.1, -0.05) is 12.2 Å². The van der Waals surface area contributed by atoms with E-state index in [4.69, 9.17) is 16.9 Å². The van der Waals surface area contributed by atoms with Crippen LogP contribution in [0.5, 0.6) is 0 Å². The van der Waals surface area contributed by atoms with Crippen molar-refractivity contribution < 1.29 is 4.79 Å². The molecule has 0 radical (unpaired) electrons. The third-order valence-corrected chi connectivity index (χ3v) is 0.991. The van der Waals surface area contributed by atoms with Gasteiger partial charge in [-0.25, -0.2) is 0 Å². The average Bonchev–Trinajstić information content (AvgIpc) is 1.89. The van der Waals surface area contributed by atoms with Crippen LogP contribution >= 0.6 is 11.6 Å². The van der Waals surface area contributed by atoms with Crippen LogP contribution in [0.4, 0.5) is 0 Å². The molecule has 0 aromatic carbocycles. The predicted molar refractivity (Wildman–Crippen MR) is 39.4 cm³/mol. The first-order valence-corrected chi connectivity index (χ1v) is 3.03. The molecule has 0 saturated heterocycles. The van der Waals surface area contributed by atoms with Gasteiger partial charge in [0.15, 0.2) is 0 Å². The van der Waals surface area contributed by atoms with E-state index in [1.54, 1.807) is 25.1 Å². The number of nitriles is 1. The number of rotatable bonds is 2. The summed E-state index contributed by atoms with van der Waals surface area (Å²) in [6.07, 6.45) is 4.66. The van der Waals surface area contributed by atoms with Gasteiger partial charge in [0.25, 0.3) is 5.24 Å². The maximum Gasteiger partial charge on any atom is 0.262 e. The van der Waals surface area contributed by atoms with Crippen LogP contribution in [0.1, 0.15) is 6.92 Å². The maximum absolute atomic E-state index is 10.3. The van der Waals surface area contributed by atoms with E-state index in [9.17, 15) is 4.79 Å². The lowest BCUT2D eigenvalue weighted by Gasteiger charge is -1.81. The number of hydrogen-bond acceptors (Lipinski definition) is 2. The average molecular weight is 156 g/mol. The van der Waals surface area contributed by atoms with E-state index >= 15 is 0 Å². The van der Waals surface area contributed by atoms with Gasteiger partial charge in [-0.3, -0.25) is 4.79 Å². The van der Waals surface area contributed by atoms with E-state index in [2.05, 4.69) is 0 Å². The monoisotopic (exact) mass is 155 g/mol. The minimum atomic E-state index is -0.722. The number of carbonyl (C=O) groups is 1. The molecule has 0 amide bonds. The van der Waals surface area contributed by atoms with Gasteiger partial charge < -0.3 is 0 Å². The van der Waals surface area contributed by atoms with Crippen molar-refractivity contribution in [1.82, 2.24) is 0 Å². The molecule has 10 heavy (non-hydrogen) atoms. The summed E-state index contributed by atoms with van der Waals surface area (Å²) < 4.78 is 0. The quantitative estimate of drug-likeness (QED) is 0.264. The van der Waals surface area contributed by atoms with Gasteiger partial charge in [0.05, 0.1) is 0 Å². The van der Waals surface area contributed by atoms with Gasteiger partial charge in [-0.2, -0.15) is 5.26 Å². The van der Waals surface area contributed by atoms with Gasteiger partial charge in [-0.05, 0) is 24.6 Å². The summed E-state index contributed by atoms with van der Waals surface area (Å²) >= 11 is 5.02. The standard InChI is InChI=1S/C7H6ClNO/c1-2-3-4-6(5-9)7(8)10/h2-4H,1H3/b3-2+,6-4+. The zero-order valence-corrected chi connectivity index (χ0v) is 6.22. The molecule has 0 N–H and O–H groups in total. The Balaban J connectivity index is 4.38. The van der Waals surface area contributed by atoms with Crippen molar-refractivity contribution in [3.05, 3.63) is 23.8 Å². The topological polar surface area (TPSA) is 40.9 Å². The van der Waals surface area contributed by atoms with Crippen LogP contribution in [0.2, 0.25) is 0 Å². The molecule has 3 heteroatoms. The predicted octanol–water partition coefficient (Wildman–Crippen LogP) is 1.78. The van der Waals surface area contributed by atoms with Crippen LogP contribution in [0.3, 0.4) is 0 Å². The van der Waals surface area contributed by atoms with Crippen LogP contribution in [-0.2, 0) is 4.79 Å². The zero-order valence-electron chi connectivity index (χ0n) is 5.47. The molecule has 0 atom stereocenters. The first-order chi connectivity index (χ1) is 4.72. The molecule has 0 rings (SSSR count). The second-order valence-electron chi connectivity index (χ2n) is 1.49. The van der Waals surface area contributed by atoms with Gasteiger partial charge in [0.2, 0.25) is 0 Å². The smallest absolute Gasteiger partial charge is 0.262 e. The molecule has 0 aliphatic rings. The molecule has 0 saturated carbocycles. The second-order valence-corrected chi connectivity index (χ2v) is 1.83. The summed E-state index contributed by atoms with van der Waals surface area (Å²) in [6, 6.07) is 1.66. The largest absolute Gasteiger partial charge is 0.275 e. The minimum absolute atomic E-state index is 0.0419. The highest BCUT2D eigenvalue weighted by molar-refractivity contribution is 6.68. The van der Waals surface area contributed by atoms with E-state index in [-0.39, 0.29) is 5.57 Å². The first-order valence-electron chi connectivity index (χ1n) is 2.65. The molecule has 0 aliphatic heterocycles. The van der Waals surface area contributed by atoms with Crippen molar-refractivity contribution in [1.29, 1.82) is 5.26 Å². The highest BCUT2D eigenvalue weighted by atomic mass is 35.5. The lowest BCUT2D eigenvalue weighted by atomic mass is 10.3. The Bertz CT molecular complexity index is 222. The Morgan fingerprint density at radius 1 is 1.70 bits per heavy atom. The van der Waals surface area contributed by atoms with Gasteiger partial charge in [-0.15, -0.1) is 0 Å². The number of nitrogens with zero attached hydrogens (tertiary/aromatic N) is 1. The third kappa shape index (κ3) is 3.06. The first kappa shape index (κ1) is 8.93. The third-order valence-electron chi connectivity index (χ3n) is 0.788. The van der Waals surface area contributed by atoms with Crippen molar-refractivity contribution in [2.45, 2.75) is 6.92 Å². The van der Waals surface area contributed by atoms with Crippen molar-refractivity contribution in [3.8, 4) is 6.07 Å². The molecule has 0 heterocycles. The van der Waals surface area contributed by atoms with Gasteiger partial charge in [0.1, 0.15) is 11.6 Å². The van der Waals surface area contributed by atoms with Crippen LogP contribution in [0, 0.1) is 11.3 Å². The van der Waals surface area contributed by atoms with Gasteiger partial charge >= 0.3 is 0 Å². The highest BCUT2D eigenvalue weighted by Crippen LogP contribution is 1.98. The van der Waals surface area contributed by atoms with Crippen molar-refractivity contribution in [2.75, 3.05) is 0 Å². The number of carbonyl (C=O) groups excluding carboxylic acids is 1. The molecule has 2 nitrogen and oxygen atoms in total. The summed E-state index contributed by atoms with van der Waals surface area (Å²) in [5.41, 5.74) is -0.0419. The second kappa shape index (κ2) is 4.78. The molecular weight excluding hydrogens is 150 g/mol. The van der Waals surface area contributed by atoms with E-state index in [1.807, 2.05) is 0 Å². The molecule has 0 spiro atoms. The molecular formula is C7H6ClNO. The van der Waals surface area contributed by atoms with Gasteiger partial charge in [0, 0.05) is 0 Å². The lowest BCUT2D eigenvalue weighted by Crippen LogP contribution is -1.87. The molecule has 0 aliphatic carbocycles. The zero-order chi connectivity index (χ0) is 7.98. The molecule has 0 bridgehead atoms. The Hall–Kier alpha value is -1.07. The Kier molecular flexibility index (Phi) is 4.26. The van der Waals surface area contributed by atoms with Crippen molar-refractivity contribution in [3.63, 3.8) is 0 Å². The van der Waals surface area contributed by atoms with Crippen molar-refractivity contribution in [2.24, 2.45) is 0 Å². The van der Waals surface area contributed by atoms with Crippen molar-refractivity contribution >= 4 is 16.8 Å². The van der Waals surface area contributed by atoms with E-state index in [0.717, 1.165) is 0 Å². The number of allylic oxidation sites excluding steroid dienone is 4. The fourth-order valence-electron chi connectivity index (χ4n) is 0.339. The molecule has 0 fully saturated rings. The maximum atomic E-state index is 10.3. The highest BCUT2D eigenvalue weighted by Gasteiger charge is 2.00. The summed E-state index contributed by atoms with van der Waals surface area (Å²) in [7, 11) is 0. The molecule has 0 aromatic heterocycles. The number of hydrogen-bond donors (Lipinski definition) is 0. The Labute approximate surface area is 64.4 Å². The van der Waals surface area contributed by atoms with Crippen LogP contribution in [-0.4, -0.2) is 5.24 Å². The van der Waals surface area contributed by atoms with E-state index < -0.39 is 5.24 Å². The normalized spacial score (nSPS) is 11.5. The summed E-state index contributed by atoms with van der Waals surface area (Å²) in [5, 5.41) is 7.54.